The third-order valence-electron chi connectivity index (χ3n) is 2.64. The first-order chi connectivity index (χ1) is 8.75. The first-order valence-corrected chi connectivity index (χ1v) is 6.65. The number of rotatable bonds is 2. The summed E-state index contributed by atoms with van der Waals surface area (Å²) in [6.45, 7) is 0.392. The summed E-state index contributed by atoms with van der Waals surface area (Å²) in [7, 11) is 0. The maximum atomic E-state index is 12.3. The van der Waals surface area contributed by atoms with Crippen molar-refractivity contribution in [3.8, 4) is 0 Å². The lowest BCUT2D eigenvalue weighted by molar-refractivity contribution is 0.718. The molecular formula is C12H9N3OS2. The molecule has 0 aromatic carbocycles. The fraction of sp³-hybridized carbons (Fsp3) is 0.0833. The van der Waals surface area contributed by atoms with Gasteiger partial charge in [-0.05, 0) is 35.8 Å². The molecule has 0 saturated carbocycles. The van der Waals surface area contributed by atoms with Crippen LogP contribution < -0.4 is 5.56 Å². The highest BCUT2D eigenvalue weighted by atomic mass is 32.1. The van der Waals surface area contributed by atoms with E-state index in [-0.39, 0.29) is 5.56 Å². The Kier molecular flexibility index (Phi) is 2.81. The van der Waals surface area contributed by atoms with Gasteiger partial charge in [0.1, 0.15) is 4.70 Å². The van der Waals surface area contributed by atoms with Crippen LogP contribution in [-0.2, 0) is 6.54 Å². The van der Waals surface area contributed by atoms with Gasteiger partial charge >= 0.3 is 0 Å². The van der Waals surface area contributed by atoms with Gasteiger partial charge in [-0.3, -0.25) is 14.3 Å². The molecule has 0 spiro atoms. The second-order valence-electron chi connectivity index (χ2n) is 3.81. The summed E-state index contributed by atoms with van der Waals surface area (Å²) in [6, 6.07) is 7.47. The van der Waals surface area contributed by atoms with Crippen molar-refractivity contribution in [2.24, 2.45) is 0 Å². The van der Waals surface area contributed by atoms with Gasteiger partial charge < -0.3 is 4.98 Å². The number of hydrogen-bond acceptors (Lipinski definition) is 4. The number of H-pyrrole nitrogens is 1. The summed E-state index contributed by atoms with van der Waals surface area (Å²) in [6.07, 6.45) is 1.71. The number of nitrogens with one attached hydrogen (secondary N) is 1. The molecule has 0 saturated heterocycles. The molecule has 3 aromatic heterocycles. The third kappa shape index (κ3) is 1.89. The van der Waals surface area contributed by atoms with Crippen LogP contribution in [-0.4, -0.2) is 14.5 Å². The molecule has 0 bridgehead atoms. The zero-order valence-corrected chi connectivity index (χ0v) is 10.9. The smallest absolute Gasteiger partial charge is 0.272 e. The average molecular weight is 275 g/mol. The highest BCUT2D eigenvalue weighted by molar-refractivity contribution is 7.71. The van der Waals surface area contributed by atoms with Crippen LogP contribution in [0.25, 0.3) is 10.2 Å². The number of hydrogen-bond donors (Lipinski definition) is 1. The Hall–Kier alpha value is -1.79. The van der Waals surface area contributed by atoms with Crippen molar-refractivity contribution < 1.29 is 0 Å². The van der Waals surface area contributed by atoms with E-state index in [0.29, 0.717) is 16.0 Å². The Bertz CT molecular complexity index is 801. The summed E-state index contributed by atoms with van der Waals surface area (Å²) in [5, 5.41) is 1.88. The average Bonchev–Trinajstić information content (AvgIpc) is 2.84. The molecule has 6 heteroatoms. The predicted molar refractivity (Wildman–Crippen MR) is 74.6 cm³/mol. The molecule has 3 heterocycles. The zero-order chi connectivity index (χ0) is 12.5. The monoisotopic (exact) mass is 275 g/mol. The highest BCUT2D eigenvalue weighted by Crippen LogP contribution is 2.14. The van der Waals surface area contributed by atoms with Gasteiger partial charge in [-0.1, -0.05) is 6.07 Å². The maximum absolute atomic E-state index is 12.3. The van der Waals surface area contributed by atoms with Crippen molar-refractivity contribution in [2.75, 3.05) is 0 Å². The van der Waals surface area contributed by atoms with Crippen LogP contribution in [0.2, 0.25) is 0 Å². The third-order valence-corrected chi connectivity index (χ3v) is 3.86. The molecular weight excluding hydrogens is 266 g/mol. The molecule has 0 aliphatic carbocycles. The van der Waals surface area contributed by atoms with E-state index in [2.05, 4.69) is 9.97 Å². The number of pyridine rings is 1. The van der Waals surface area contributed by atoms with Gasteiger partial charge in [0, 0.05) is 6.20 Å². The van der Waals surface area contributed by atoms with E-state index in [1.54, 1.807) is 6.20 Å². The van der Waals surface area contributed by atoms with E-state index < -0.39 is 0 Å². The van der Waals surface area contributed by atoms with Crippen LogP contribution >= 0.6 is 23.6 Å². The summed E-state index contributed by atoms with van der Waals surface area (Å²) >= 11 is 6.63. The van der Waals surface area contributed by atoms with E-state index in [0.717, 1.165) is 11.2 Å². The van der Waals surface area contributed by atoms with Gasteiger partial charge in [-0.2, -0.15) is 0 Å². The first-order valence-electron chi connectivity index (χ1n) is 5.36. The van der Waals surface area contributed by atoms with Gasteiger partial charge in [0.2, 0.25) is 0 Å². The molecule has 3 aromatic rings. The molecule has 0 atom stereocenters. The molecule has 0 aliphatic heterocycles. The molecule has 4 nitrogen and oxygen atoms in total. The minimum Gasteiger partial charge on any atom is -0.331 e. The Morgan fingerprint density at radius 3 is 3.06 bits per heavy atom. The minimum absolute atomic E-state index is 0.0607. The molecule has 0 amide bonds. The molecule has 18 heavy (non-hydrogen) atoms. The van der Waals surface area contributed by atoms with Gasteiger partial charge in [0.05, 0.1) is 17.8 Å². The number of thiophene rings is 1. The Balaban J connectivity index is 2.18. The molecule has 0 fully saturated rings. The fourth-order valence-electron chi connectivity index (χ4n) is 1.77. The van der Waals surface area contributed by atoms with Crippen LogP contribution in [0.3, 0.4) is 0 Å². The lowest BCUT2D eigenvalue weighted by Crippen LogP contribution is -2.22. The van der Waals surface area contributed by atoms with Crippen LogP contribution in [0.1, 0.15) is 5.69 Å². The fourth-order valence-corrected chi connectivity index (χ4v) is 2.82. The van der Waals surface area contributed by atoms with Gasteiger partial charge in [0.15, 0.2) is 4.77 Å². The summed E-state index contributed by atoms with van der Waals surface area (Å²) in [5.74, 6) is 0. The van der Waals surface area contributed by atoms with Crippen molar-refractivity contribution in [1.82, 2.24) is 14.5 Å². The molecule has 0 radical (unpaired) electrons. The van der Waals surface area contributed by atoms with Crippen molar-refractivity contribution in [1.29, 1.82) is 0 Å². The molecule has 0 unspecified atom stereocenters. The van der Waals surface area contributed by atoms with E-state index in [1.165, 1.54) is 15.9 Å². The number of aromatic nitrogens is 3. The largest absolute Gasteiger partial charge is 0.331 e. The Morgan fingerprint density at radius 2 is 2.28 bits per heavy atom. The molecule has 0 aliphatic rings. The molecule has 3 rings (SSSR count). The number of fused-ring (bicyclic) bond motifs is 1. The second-order valence-corrected chi connectivity index (χ2v) is 5.11. The van der Waals surface area contributed by atoms with Crippen LogP contribution in [0.4, 0.5) is 0 Å². The van der Waals surface area contributed by atoms with E-state index in [9.17, 15) is 4.79 Å². The van der Waals surface area contributed by atoms with Crippen LogP contribution in [0.5, 0.6) is 0 Å². The first kappa shape index (κ1) is 11.3. The van der Waals surface area contributed by atoms with Crippen molar-refractivity contribution in [3.05, 3.63) is 56.7 Å². The van der Waals surface area contributed by atoms with Crippen LogP contribution in [0, 0.1) is 4.77 Å². The number of nitrogens with zero attached hydrogens (tertiary/aromatic N) is 2. The van der Waals surface area contributed by atoms with Crippen molar-refractivity contribution >= 4 is 33.8 Å². The van der Waals surface area contributed by atoms with E-state index >= 15 is 0 Å². The second kappa shape index (κ2) is 4.47. The maximum Gasteiger partial charge on any atom is 0.272 e. The summed E-state index contributed by atoms with van der Waals surface area (Å²) < 4.78 is 2.66. The van der Waals surface area contributed by atoms with Gasteiger partial charge in [-0.25, -0.2) is 0 Å². The van der Waals surface area contributed by atoms with Crippen molar-refractivity contribution in [3.63, 3.8) is 0 Å². The SMILES string of the molecule is O=c1c2sccc2[nH]c(=S)n1Cc1ccccn1. The number of aromatic amines is 1. The standard InChI is InChI=1S/C12H9N3OS2/c16-11-10-9(4-6-18-10)14-12(17)15(11)7-8-3-1-2-5-13-8/h1-6H,7H2,(H,14,17). The summed E-state index contributed by atoms with van der Waals surface area (Å²) in [5.41, 5.74) is 1.55. The molecule has 90 valence electrons. The molecule has 1 N–H and O–H groups in total. The quantitative estimate of drug-likeness (QED) is 0.731. The predicted octanol–water partition coefficient (Wildman–Crippen LogP) is 2.56. The van der Waals surface area contributed by atoms with Crippen LogP contribution in [0.15, 0.2) is 40.6 Å². The highest BCUT2D eigenvalue weighted by Gasteiger charge is 2.07. The minimum atomic E-state index is -0.0607. The lowest BCUT2D eigenvalue weighted by Gasteiger charge is -2.05. The van der Waals surface area contributed by atoms with Gasteiger partial charge in [0.25, 0.3) is 5.56 Å². The lowest BCUT2D eigenvalue weighted by atomic mass is 10.3. The summed E-state index contributed by atoms with van der Waals surface area (Å²) in [4.78, 5) is 19.5. The van der Waals surface area contributed by atoms with E-state index in [4.69, 9.17) is 12.2 Å². The Morgan fingerprint density at radius 1 is 1.39 bits per heavy atom. The Labute approximate surface area is 112 Å². The van der Waals surface area contributed by atoms with Crippen molar-refractivity contribution in [2.45, 2.75) is 6.54 Å². The zero-order valence-electron chi connectivity index (χ0n) is 9.29. The normalized spacial score (nSPS) is 10.9. The van der Waals surface area contributed by atoms with Gasteiger partial charge in [-0.15, -0.1) is 11.3 Å². The van der Waals surface area contributed by atoms with E-state index in [1.807, 2.05) is 29.6 Å². The topological polar surface area (TPSA) is 50.7 Å².